The van der Waals surface area contributed by atoms with Crippen LogP contribution < -0.4 is 5.32 Å². The van der Waals surface area contributed by atoms with Gasteiger partial charge in [0.2, 0.25) is 0 Å². The van der Waals surface area contributed by atoms with Gasteiger partial charge in [-0.25, -0.2) is 19.0 Å². The number of nitrogens with one attached hydrogen (secondary N) is 1. The number of amides is 1. The van der Waals surface area contributed by atoms with Crippen molar-refractivity contribution in [3.05, 3.63) is 88.2 Å². The van der Waals surface area contributed by atoms with Gasteiger partial charge in [0, 0.05) is 11.1 Å². The first kappa shape index (κ1) is 21.0. The highest BCUT2D eigenvalue weighted by Gasteiger charge is 2.19. The highest BCUT2D eigenvalue weighted by Crippen LogP contribution is 2.26. The van der Waals surface area contributed by atoms with Crippen LogP contribution in [0.15, 0.2) is 61.1 Å². The summed E-state index contributed by atoms with van der Waals surface area (Å²) in [6.45, 7) is 1.79. The van der Waals surface area contributed by atoms with Gasteiger partial charge in [-0.15, -0.1) is 0 Å². The number of fused-ring (bicyclic) bond motifs is 1. The van der Waals surface area contributed by atoms with E-state index in [0.717, 1.165) is 0 Å². The lowest BCUT2D eigenvalue weighted by Gasteiger charge is -2.10. The third kappa shape index (κ3) is 3.92. The van der Waals surface area contributed by atoms with Gasteiger partial charge in [0.1, 0.15) is 18.0 Å². The van der Waals surface area contributed by atoms with Crippen molar-refractivity contribution < 1.29 is 9.18 Å². The summed E-state index contributed by atoms with van der Waals surface area (Å²) in [4.78, 5) is 21.6. The van der Waals surface area contributed by atoms with Crippen LogP contribution in [0.3, 0.4) is 0 Å². The van der Waals surface area contributed by atoms with Gasteiger partial charge in [0.05, 0.1) is 33.6 Å². The molecule has 3 heterocycles. The van der Waals surface area contributed by atoms with E-state index in [-0.39, 0.29) is 16.4 Å². The zero-order valence-electron chi connectivity index (χ0n) is 17.0. The molecule has 8 nitrogen and oxygen atoms in total. The fourth-order valence-electron chi connectivity index (χ4n) is 3.38. The van der Waals surface area contributed by atoms with Crippen LogP contribution >= 0.6 is 23.2 Å². The van der Waals surface area contributed by atoms with Crippen molar-refractivity contribution in [1.29, 1.82) is 0 Å². The fourth-order valence-corrected chi connectivity index (χ4v) is 3.75. The lowest BCUT2D eigenvalue weighted by Crippen LogP contribution is -2.16. The molecule has 5 rings (SSSR count). The Labute approximate surface area is 196 Å². The molecule has 0 spiro atoms. The topological polar surface area (TPSA) is 90.5 Å². The third-order valence-corrected chi connectivity index (χ3v) is 5.43. The van der Waals surface area contributed by atoms with E-state index in [1.807, 2.05) is 0 Å². The van der Waals surface area contributed by atoms with Gasteiger partial charge in [-0.2, -0.15) is 14.9 Å². The minimum Gasteiger partial charge on any atom is -0.306 e. The van der Waals surface area contributed by atoms with Crippen LogP contribution in [0.1, 0.15) is 16.1 Å². The molecule has 0 bridgehead atoms. The molecule has 0 atom stereocenters. The predicted molar refractivity (Wildman–Crippen MR) is 123 cm³/mol. The number of nitrogens with zero attached hydrogens (tertiary/aromatic N) is 6. The number of hydrogen-bond donors (Lipinski definition) is 1. The van der Waals surface area contributed by atoms with Crippen molar-refractivity contribution in [2.24, 2.45) is 0 Å². The molecule has 1 N–H and O–H groups in total. The summed E-state index contributed by atoms with van der Waals surface area (Å²) in [6.07, 6.45) is 2.96. The van der Waals surface area contributed by atoms with E-state index in [1.54, 1.807) is 48.1 Å². The number of anilines is 1. The molecule has 0 aliphatic carbocycles. The molecule has 5 aromatic rings. The molecule has 1 amide bonds. The lowest BCUT2D eigenvalue weighted by atomic mass is 10.2. The largest absolute Gasteiger partial charge is 0.306 e. The molecule has 0 unspecified atom stereocenters. The number of rotatable bonds is 4. The summed E-state index contributed by atoms with van der Waals surface area (Å²) < 4.78 is 16.4. The standard InChI is InChI=1S/C22H14Cl2FN7O/c1-12-8-19(29-22(33)16-9-13(23)2-7-18(16)24)32(30-12)21-17-10-28-31(20(17)26-11-27-21)15-5-3-14(25)4-6-15/h2-11H,1H3,(H,29,33). The molecule has 3 aromatic heterocycles. The second-order valence-corrected chi connectivity index (χ2v) is 7.97. The van der Waals surface area contributed by atoms with Gasteiger partial charge >= 0.3 is 0 Å². The number of carbonyl (C=O) groups excluding carboxylic acids is 1. The Morgan fingerprint density at radius 1 is 1.03 bits per heavy atom. The van der Waals surface area contributed by atoms with Gasteiger partial charge in [-0.1, -0.05) is 23.2 Å². The molecule has 0 aliphatic rings. The maximum Gasteiger partial charge on any atom is 0.258 e. The van der Waals surface area contributed by atoms with Crippen LogP contribution in [-0.4, -0.2) is 35.4 Å². The smallest absolute Gasteiger partial charge is 0.258 e. The number of halogens is 3. The second-order valence-electron chi connectivity index (χ2n) is 7.13. The van der Waals surface area contributed by atoms with Crippen LogP contribution in [0.4, 0.5) is 10.2 Å². The van der Waals surface area contributed by atoms with E-state index >= 15 is 0 Å². The van der Waals surface area contributed by atoms with Crippen LogP contribution in [0.25, 0.3) is 22.5 Å². The Morgan fingerprint density at radius 2 is 1.82 bits per heavy atom. The third-order valence-electron chi connectivity index (χ3n) is 4.86. The van der Waals surface area contributed by atoms with E-state index < -0.39 is 5.91 Å². The summed E-state index contributed by atoms with van der Waals surface area (Å²) >= 11 is 12.2. The summed E-state index contributed by atoms with van der Waals surface area (Å²) in [5.74, 6) is -0.00859. The van der Waals surface area contributed by atoms with E-state index in [9.17, 15) is 9.18 Å². The molecule has 0 aliphatic heterocycles. The molecular formula is C22H14Cl2FN7O. The maximum atomic E-state index is 13.3. The number of carbonyl (C=O) groups is 1. The van der Waals surface area contributed by atoms with Crippen molar-refractivity contribution >= 4 is 46.0 Å². The zero-order chi connectivity index (χ0) is 23.1. The van der Waals surface area contributed by atoms with Crippen molar-refractivity contribution in [3.63, 3.8) is 0 Å². The van der Waals surface area contributed by atoms with E-state index in [1.165, 1.54) is 29.2 Å². The van der Waals surface area contributed by atoms with Crippen LogP contribution in [0.2, 0.25) is 10.0 Å². The first-order valence-electron chi connectivity index (χ1n) is 9.69. The average Bonchev–Trinajstić information content (AvgIpc) is 3.39. The number of benzene rings is 2. The Kier molecular flexibility index (Phi) is 5.27. The summed E-state index contributed by atoms with van der Waals surface area (Å²) in [6, 6.07) is 12.2. The van der Waals surface area contributed by atoms with E-state index in [0.29, 0.717) is 39.1 Å². The normalized spacial score (nSPS) is 11.2. The minimum absolute atomic E-state index is 0.228. The highest BCUT2D eigenvalue weighted by atomic mass is 35.5. The van der Waals surface area contributed by atoms with Gasteiger partial charge in [0.25, 0.3) is 5.91 Å². The molecule has 0 saturated carbocycles. The van der Waals surface area contributed by atoms with Crippen LogP contribution in [0.5, 0.6) is 0 Å². The molecule has 164 valence electrons. The predicted octanol–water partition coefficient (Wildman–Crippen LogP) is 5.01. The fraction of sp³-hybridized carbons (Fsp3) is 0.0455. The number of hydrogen-bond acceptors (Lipinski definition) is 5. The molecule has 11 heteroatoms. The van der Waals surface area contributed by atoms with Gasteiger partial charge < -0.3 is 5.32 Å². The quantitative estimate of drug-likeness (QED) is 0.389. The lowest BCUT2D eigenvalue weighted by molar-refractivity contribution is 0.102. The van der Waals surface area contributed by atoms with E-state index in [2.05, 4.69) is 25.5 Å². The van der Waals surface area contributed by atoms with E-state index in [4.69, 9.17) is 23.2 Å². The maximum absolute atomic E-state index is 13.3. The Morgan fingerprint density at radius 3 is 2.61 bits per heavy atom. The first-order chi connectivity index (χ1) is 15.9. The zero-order valence-corrected chi connectivity index (χ0v) is 18.5. The SMILES string of the molecule is Cc1cc(NC(=O)c2cc(Cl)ccc2Cl)n(-c2ncnc3c2cnn3-c2ccc(F)cc2)n1. The van der Waals surface area contributed by atoms with Crippen LogP contribution in [-0.2, 0) is 0 Å². The van der Waals surface area contributed by atoms with Gasteiger partial charge in [-0.3, -0.25) is 4.79 Å². The van der Waals surface area contributed by atoms with Gasteiger partial charge in [-0.05, 0) is 49.4 Å². The summed E-state index contributed by atoms with van der Waals surface area (Å²) in [5.41, 5.74) is 2.01. The van der Waals surface area contributed by atoms with Crippen molar-refractivity contribution in [3.8, 4) is 11.5 Å². The monoisotopic (exact) mass is 481 g/mol. The van der Waals surface area contributed by atoms with Crippen molar-refractivity contribution in [2.45, 2.75) is 6.92 Å². The summed E-state index contributed by atoms with van der Waals surface area (Å²) in [7, 11) is 0. The minimum atomic E-state index is -0.448. The second kappa shape index (κ2) is 8.27. The Hall–Kier alpha value is -3.82. The number of aryl methyl sites for hydroxylation is 1. The first-order valence-corrected chi connectivity index (χ1v) is 10.4. The average molecular weight is 482 g/mol. The molecule has 0 radical (unpaired) electrons. The van der Waals surface area contributed by atoms with Crippen LogP contribution in [0, 0.1) is 12.7 Å². The molecule has 0 saturated heterocycles. The van der Waals surface area contributed by atoms with Crippen molar-refractivity contribution in [2.75, 3.05) is 5.32 Å². The van der Waals surface area contributed by atoms with Crippen molar-refractivity contribution in [1.82, 2.24) is 29.5 Å². The Bertz CT molecular complexity index is 1510. The molecular weight excluding hydrogens is 468 g/mol. The molecule has 2 aromatic carbocycles. The summed E-state index contributed by atoms with van der Waals surface area (Å²) in [5, 5.41) is 12.9. The number of aromatic nitrogens is 6. The van der Waals surface area contributed by atoms with Gasteiger partial charge in [0.15, 0.2) is 11.5 Å². The Balaban J connectivity index is 1.57. The molecule has 0 fully saturated rings. The highest BCUT2D eigenvalue weighted by molar-refractivity contribution is 6.36. The molecule has 33 heavy (non-hydrogen) atoms.